The van der Waals surface area contributed by atoms with E-state index in [1.807, 2.05) is 26.7 Å². The summed E-state index contributed by atoms with van der Waals surface area (Å²) in [6, 6.07) is 0. The highest BCUT2D eigenvalue weighted by Gasteiger charge is 2.05. The van der Waals surface area contributed by atoms with Crippen LogP contribution in [0.4, 0.5) is 0 Å². The van der Waals surface area contributed by atoms with Gasteiger partial charge in [-0.2, -0.15) is 0 Å². The third kappa shape index (κ3) is 32.6. The molecule has 25 heavy (non-hydrogen) atoms. The summed E-state index contributed by atoms with van der Waals surface area (Å²) in [7, 11) is -3.45. The van der Waals surface area contributed by atoms with E-state index in [1.165, 1.54) is 70.6 Å². The van der Waals surface area contributed by atoms with Gasteiger partial charge >= 0.3 is 0 Å². The molecule has 0 aromatic rings. The Bertz CT molecular complexity index is 355. The van der Waals surface area contributed by atoms with Crippen LogP contribution in [-0.4, -0.2) is 39.0 Å². The van der Waals surface area contributed by atoms with Crippen LogP contribution in [0.3, 0.4) is 0 Å². The van der Waals surface area contributed by atoms with Crippen LogP contribution in [-0.2, 0) is 9.13 Å². The first-order valence-corrected chi connectivity index (χ1v) is 16.3. The fraction of sp³-hybridized carbons (Fsp3) is 1.00. The average Bonchev–Trinajstić information content (AvgIpc) is 2.48. The second-order valence-corrected chi connectivity index (χ2v) is 15.7. The zero-order chi connectivity index (χ0) is 19.6. The van der Waals surface area contributed by atoms with E-state index in [9.17, 15) is 9.13 Å². The smallest absolute Gasteiger partial charge is 0.0819 e. The minimum absolute atomic E-state index is 0.944. The zero-order valence-corrected chi connectivity index (χ0v) is 20.1. The van der Waals surface area contributed by atoms with Gasteiger partial charge < -0.3 is 9.13 Å². The van der Waals surface area contributed by atoms with Crippen LogP contribution in [0.15, 0.2) is 0 Å². The summed E-state index contributed by atoms with van der Waals surface area (Å²) in [5.74, 6) is 0. The third-order valence-corrected chi connectivity index (χ3v) is 7.14. The van der Waals surface area contributed by atoms with E-state index in [4.69, 9.17) is 0 Å². The van der Waals surface area contributed by atoms with Crippen molar-refractivity contribution in [2.45, 2.75) is 97.3 Å². The molecule has 0 spiro atoms. The molecule has 0 saturated heterocycles. The molecule has 0 saturated carbocycles. The van der Waals surface area contributed by atoms with Gasteiger partial charge in [-0.3, -0.25) is 0 Å². The molecule has 0 fully saturated rings. The Balaban J connectivity index is 0. The molecule has 0 aliphatic carbocycles. The van der Waals surface area contributed by atoms with Gasteiger partial charge in [0.25, 0.3) is 0 Å². The number of hydrogen-bond donors (Lipinski definition) is 0. The first-order valence-electron chi connectivity index (χ1n) is 10.7. The molecular formula is C21H48O2P2. The minimum atomic E-state index is -1.73. The first-order chi connectivity index (χ1) is 11.6. The van der Waals surface area contributed by atoms with E-state index in [-0.39, 0.29) is 0 Å². The summed E-state index contributed by atoms with van der Waals surface area (Å²) in [5.41, 5.74) is 0. The van der Waals surface area contributed by atoms with Crippen LogP contribution < -0.4 is 0 Å². The van der Waals surface area contributed by atoms with Crippen LogP contribution in [0, 0.1) is 0 Å². The van der Waals surface area contributed by atoms with Gasteiger partial charge in [-0.1, -0.05) is 84.5 Å². The lowest BCUT2D eigenvalue weighted by molar-refractivity contribution is 0.572. The van der Waals surface area contributed by atoms with Gasteiger partial charge in [0.15, 0.2) is 0 Å². The highest BCUT2D eigenvalue weighted by molar-refractivity contribution is 7.62. The summed E-state index contributed by atoms with van der Waals surface area (Å²) < 4.78 is 22.7. The molecule has 0 aromatic carbocycles. The van der Waals surface area contributed by atoms with E-state index >= 15 is 0 Å². The lowest BCUT2D eigenvalue weighted by Crippen LogP contribution is -1.87. The summed E-state index contributed by atoms with van der Waals surface area (Å²) in [4.78, 5) is 0. The van der Waals surface area contributed by atoms with Gasteiger partial charge in [-0.25, -0.2) is 0 Å². The molecule has 0 aliphatic heterocycles. The van der Waals surface area contributed by atoms with Crippen molar-refractivity contribution in [1.29, 1.82) is 0 Å². The maximum absolute atomic E-state index is 11.3. The van der Waals surface area contributed by atoms with Gasteiger partial charge in [0.2, 0.25) is 0 Å². The second-order valence-electron chi connectivity index (χ2n) is 8.48. The molecule has 0 atom stereocenters. The molecule has 0 amide bonds. The molecule has 0 rings (SSSR count). The maximum Gasteiger partial charge on any atom is 0.0819 e. The highest BCUT2D eigenvalue weighted by atomic mass is 31.2. The topological polar surface area (TPSA) is 34.1 Å². The summed E-state index contributed by atoms with van der Waals surface area (Å²) in [6.45, 7) is 12.0. The molecule has 0 unspecified atom stereocenters. The molecule has 4 heteroatoms. The van der Waals surface area contributed by atoms with Crippen molar-refractivity contribution in [2.24, 2.45) is 0 Å². The van der Waals surface area contributed by atoms with E-state index < -0.39 is 14.3 Å². The number of rotatable bonds is 15. The molecule has 0 heterocycles. The molecule has 2 nitrogen and oxygen atoms in total. The number of unbranched alkanes of at least 4 members (excludes halogenated alkanes) is 11. The molecule has 0 N–H and O–H groups in total. The predicted octanol–water partition coefficient (Wildman–Crippen LogP) is 8.33. The molecule has 154 valence electrons. The Hall–Kier alpha value is 0.460. The largest absolute Gasteiger partial charge is 0.324 e. The molecule has 0 aliphatic rings. The summed E-state index contributed by atoms with van der Waals surface area (Å²) in [5, 5.41) is 0. The van der Waals surface area contributed by atoms with Crippen molar-refractivity contribution in [3.63, 3.8) is 0 Å². The fourth-order valence-corrected chi connectivity index (χ4v) is 4.69. The molecule has 0 radical (unpaired) electrons. The first kappa shape index (κ1) is 27.7. The van der Waals surface area contributed by atoms with Crippen molar-refractivity contribution in [3.05, 3.63) is 0 Å². The van der Waals surface area contributed by atoms with Gasteiger partial charge in [0, 0.05) is 12.3 Å². The Morgan fingerprint density at radius 2 is 0.680 bits per heavy atom. The van der Waals surface area contributed by atoms with Crippen LogP contribution in [0.2, 0.25) is 0 Å². The second kappa shape index (κ2) is 17.9. The van der Waals surface area contributed by atoms with Crippen LogP contribution in [0.1, 0.15) is 97.3 Å². The Morgan fingerprint density at radius 1 is 0.440 bits per heavy atom. The van der Waals surface area contributed by atoms with Gasteiger partial charge in [0.1, 0.15) is 0 Å². The van der Waals surface area contributed by atoms with Crippen molar-refractivity contribution in [1.82, 2.24) is 0 Å². The maximum atomic E-state index is 11.3. The Morgan fingerprint density at radius 3 is 0.920 bits per heavy atom. The lowest BCUT2D eigenvalue weighted by Gasteiger charge is -2.05. The van der Waals surface area contributed by atoms with Crippen molar-refractivity contribution in [2.75, 3.05) is 39.0 Å². The standard InChI is InChI=1S/C11H25OP.C10H23OP/c1-4-5-6-7-8-9-10-11-13(2,3)12;1-4-5-6-7-8-9-10-12(2,3)11/h4-11H2,1-3H3;4-10H2,1-3H3. The van der Waals surface area contributed by atoms with Gasteiger partial charge in [-0.15, -0.1) is 0 Å². The van der Waals surface area contributed by atoms with Crippen LogP contribution in [0.5, 0.6) is 0 Å². The van der Waals surface area contributed by atoms with Crippen molar-refractivity contribution in [3.8, 4) is 0 Å². The summed E-state index contributed by atoms with van der Waals surface area (Å²) >= 11 is 0. The lowest BCUT2D eigenvalue weighted by atomic mass is 10.1. The fourth-order valence-electron chi connectivity index (χ4n) is 2.72. The third-order valence-electron chi connectivity index (χ3n) is 4.35. The number of hydrogen-bond acceptors (Lipinski definition) is 2. The molecular weight excluding hydrogens is 346 g/mol. The van der Waals surface area contributed by atoms with Crippen molar-refractivity contribution >= 4 is 14.3 Å². The Kier molecular flexibility index (Phi) is 19.8. The summed E-state index contributed by atoms with van der Waals surface area (Å²) in [6.07, 6.45) is 18.9. The zero-order valence-electron chi connectivity index (χ0n) is 18.3. The van der Waals surface area contributed by atoms with E-state index in [2.05, 4.69) is 13.8 Å². The van der Waals surface area contributed by atoms with Crippen LogP contribution in [0.25, 0.3) is 0 Å². The SMILES string of the molecule is CCCCCCCCCP(C)(C)=O.CCCCCCCCP(C)(C)=O. The van der Waals surface area contributed by atoms with Gasteiger partial charge in [-0.05, 0) is 39.5 Å². The predicted molar refractivity (Wildman–Crippen MR) is 120 cm³/mol. The quantitative estimate of drug-likeness (QED) is 0.207. The van der Waals surface area contributed by atoms with E-state index in [0.717, 1.165) is 25.2 Å². The highest BCUT2D eigenvalue weighted by Crippen LogP contribution is 2.37. The van der Waals surface area contributed by atoms with E-state index in [0.29, 0.717) is 0 Å². The van der Waals surface area contributed by atoms with Crippen molar-refractivity contribution < 1.29 is 9.13 Å². The van der Waals surface area contributed by atoms with Gasteiger partial charge in [0.05, 0.1) is 14.3 Å². The van der Waals surface area contributed by atoms with Crippen LogP contribution >= 0.6 is 14.3 Å². The monoisotopic (exact) mass is 394 g/mol. The molecule has 0 aromatic heterocycles. The van der Waals surface area contributed by atoms with E-state index in [1.54, 1.807) is 0 Å². The Labute approximate surface area is 160 Å². The molecule has 0 bridgehead atoms. The average molecular weight is 395 g/mol. The normalized spacial score (nSPS) is 11.9. The minimum Gasteiger partial charge on any atom is -0.324 e.